The summed E-state index contributed by atoms with van der Waals surface area (Å²) in [6.07, 6.45) is 3.12. The summed E-state index contributed by atoms with van der Waals surface area (Å²) in [5.41, 5.74) is 2.23. The first-order valence-electron chi connectivity index (χ1n) is 9.19. The van der Waals surface area contributed by atoms with Crippen LogP contribution in [0.2, 0.25) is 0 Å². The summed E-state index contributed by atoms with van der Waals surface area (Å²) in [5, 5.41) is 4.47. The fourth-order valence-corrected chi connectivity index (χ4v) is 3.75. The van der Waals surface area contributed by atoms with E-state index in [9.17, 15) is 18.0 Å². The molecule has 7 nitrogen and oxygen atoms in total. The maximum absolute atomic E-state index is 13.8. The maximum Gasteiger partial charge on any atom is 0.274 e. The lowest BCUT2D eigenvalue weighted by Gasteiger charge is -2.32. The predicted molar refractivity (Wildman–Crippen MR) is 100 cm³/mol. The van der Waals surface area contributed by atoms with Gasteiger partial charge in [-0.15, -0.1) is 0 Å². The van der Waals surface area contributed by atoms with Gasteiger partial charge in [0.05, 0.1) is 36.9 Å². The van der Waals surface area contributed by atoms with E-state index in [4.69, 9.17) is 4.74 Å². The third kappa shape index (κ3) is 3.17. The van der Waals surface area contributed by atoms with Crippen LogP contribution >= 0.6 is 0 Å². The summed E-state index contributed by atoms with van der Waals surface area (Å²) in [6, 6.07) is 1.50. The lowest BCUT2D eigenvalue weighted by Crippen LogP contribution is -2.39. The highest BCUT2D eigenvalue weighted by Crippen LogP contribution is 2.36. The van der Waals surface area contributed by atoms with Gasteiger partial charge in [-0.2, -0.15) is 5.10 Å². The van der Waals surface area contributed by atoms with Gasteiger partial charge in [0.2, 0.25) is 5.88 Å². The van der Waals surface area contributed by atoms with Crippen molar-refractivity contribution in [2.75, 3.05) is 13.7 Å². The molecule has 1 aliphatic heterocycles. The monoisotopic (exact) mass is 417 g/mol. The molecule has 0 bridgehead atoms. The minimum absolute atomic E-state index is 0.171. The molecule has 156 valence electrons. The molecule has 3 aromatic rings. The van der Waals surface area contributed by atoms with E-state index in [1.165, 1.54) is 24.2 Å². The second-order valence-corrected chi connectivity index (χ2v) is 6.96. The number of nitrogens with zero attached hydrogens (tertiary/aromatic N) is 5. The zero-order chi connectivity index (χ0) is 21.6. The Labute approximate surface area is 170 Å². The molecule has 0 saturated heterocycles. The van der Waals surface area contributed by atoms with Crippen LogP contribution in [0.5, 0.6) is 5.88 Å². The molecule has 1 aromatic carbocycles. The molecule has 0 unspecified atom stereocenters. The average Bonchev–Trinajstić information content (AvgIpc) is 3.08. The van der Waals surface area contributed by atoms with Crippen molar-refractivity contribution in [1.29, 1.82) is 0 Å². The number of hydrogen-bond donors (Lipinski definition) is 0. The van der Waals surface area contributed by atoms with Crippen molar-refractivity contribution in [2.24, 2.45) is 7.05 Å². The zero-order valence-electron chi connectivity index (χ0n) is 16.5. The van der Waals surface area contributed by atoms with E-state index >= 15 is 0 Å². The number of ether oxygens (including phenoxy) is 1. The molecule has 3 heterocycles. The summed E-state index contributed by atoms with van der Waals surface area (Å²) in [4.78, 5) is 22.6. The smallest absolute Gasteiger partial charge is 0.274 e. The van der Waals surface area contributed by atoms with Crippen LogP contribution in [0.25, 0.3) is 11.3 Å². The highest BCUT2D eigenvalue weighted by atomic mass is 19.2. The normalized spacial score (nSPS) is 15.8. The number of benzene rings is 1. The Balaban J connectivity index is 1.69. The van der Waals surface area contributed by atoms with E-state index in [1.807, 2.05) is 6.92 Å². The van der Waals surface area contributed by atoms with Gasteiger partial charge in [0.1, 0.15) is 5.69 Å². The van der Waals surface area contributed by atoms with Gasteiger partial charge in [-0.25, -0.2) is 23.1 Å². The van der Waals surface area contributed by atoms with Crippen LogP contribution in [-0.2, 0) is 13.5 Å². The first-order chi connectivity index (χ1) is 14.3. The fraction of sp³-hybridized carbons (Fsp3) is 0.300. The summed E-state index contributed by atoms with van der Waals surface area (Å²) < 4.78 is 47.3. The van der Waals surface area contributed by atoms with Gasteiger partial charge in [0.25, 0.3) is 5.91 Å². The lowest BCUT2D eigenvalue weighted by atomic mass is 9.95. The van der Waals surface area contributed by atoms with Gasteiger partial charge in [0, 0.05) is 24.7 Å². The van der Waals surface area contributed by atoms with E-state index in [1.54, 1.807) is 11.9 Å². The number of hydrogen-bond acceptors (Lipinski definition) is 5. The number of aryl methyl sites for hydroxylation is 1. The second-order valence-electron chi connectivity index (χ2n) is 6.96. The highest BCUT2D eigenvalue weighted by molar-refractivity contribution is 5.92. The molecule has 0 spiro atoms. The number of methoxy groups -OCH3 is 1. The Morgan fingerprint density at radius 1 is 1.17 bits per heavy atom. The molecule has 2 aromatic heterocycles. The Morgan fingerprint density at radius 3 is 2.47 bits per heavy atom. The van der Waals surface area contributed by atoms with Crippen molar-refractivity contribution in [3.63, 3.8) is 0 Å². The van der Waals surface area contributed by atoms with E-state index in [0.29, 0.717) is 30.2 Å². The molecule has 10 heteroatoms. The van der Waals surface area contributed by atoms with Crippen molar-refractivity contribution in [2.45, 2.75) is 19.4 Å². The number of carbonyl (C=O) groups excluding carboxylic acids is 1. The van der Waals surface area contributed by atoms with Gasteiger partial charge >= 0.3 is 0 Å². The van der Waals surface area contributed by atoms with E-state index in [2.05, 4.69) is 15.1 Å². The molecule has 4 rings (SSSR count). The van der Waals surface area contributed by atoms with E-state index in [0.717, 1.165) is 17.7 Å². The third-order valence-corrected chi connectivity index (χ3v) is 5.22. The molecule has 30 heavy (non-hydrogen) atoms. The van der Waals surface area contributed by atoms with E-state index < -0.39 is 23.5 Å². The number of aromatic nitrogens is 4. The number of amides is 1. The average molecular weight is 417 g/mol. The van der Waals surface area contributed by atoms with Gasteiger partial charge in [-0.05, 0) is 25.5 Å². The van der Waals surface area contributed by atoms with Gasteiger partial charge in [-0.1, -0.05) is 0 Å². The SMILES string of the molecule is COc1cnc(C(=O)N2CCc3c(nn(C)c3-c3cc(F)c(F)c(F)c3)[C@@H]2C)cn1. The van der Waals surface area contributed by atoms with Crippen molar-refractivity contribution in [1.82, 2.24) is 24.6 Å². The molecule has 0 fully saturated rings. The molecular formula is C20H18F3N5O2. The molecule has 0 N–H and O–H groups in total. The molecule has 0 saturated carbocycles. The van der Waals surface area contributed by atoms with Crippen molar-refractivity contribution in [3.05, 3.63) is 58.9 Å². The minimum atomic E-state index is -1.51. The Bertz CT molecular complexity index is 1110. The van der Waals surface area contributed by atoms with Crippen LogP contribution in [0, 0.1) is 17.5 Å². The Kier molecular flexibility index (Phi) is 4.92. The summed E-state index contributed by atoms with van der Waals surface area (Å²) >= 11 is 0. The molecule has 1 amide bonds. The number of carbonyl (C=O) groups is 1. The van der Waals surface area contributed by atoms with Crippen LogP contribution in [0.15, 0.2) is 24.5 Å². The van der Waals surface area contributed by atoms with Crippen LogP contribution in [0.1, 0.15) is 34.7 Å². The van der Waals surface area contributed by atoms with Gasteiger partial charge < -0.3 is 9.64 Å². The van der Waals surface area contributed by atoms with Gasteiger partial charge in [-0.3, -0.25) is 9.48 Å². The first kappa shape index (κ1) is 19.9. The largest absolute Gasteiger partial charge is 0.480 e. The van der Waals surface area contributed by atoms with E-state index in [-0.39, 0.29) is 17.2 Å². The van der Waals surface area contributed by atoms with Crippen LogP contribution in [-0.4, -0.2) is 44.2 Å². The Hall–Kier alpha value is -3.43. The van der Waals surface area contributed by atoms with Crippen LogP contribution in [0.4, 0.5) is 13.2 Å². The number of rotatable bonds is 3. The lowest BCUT2D eigenvalue weighted by molar-refractivity contribution is 0.0667. The van der Waals surface area contributed by atoms with Crippen LogP contribution in [0.3, 0.4) is 0 Å². The van der Waals surface area contributed by atoms with Crippen molar-refractivity contribution >= 4 is 5.91 Å². The molecule has 0 aliphatic carbocycles. The predicted octanol–water partition coefficient (Wildman–Crippen LogP) is 3.06. The topological polar surface area (TPSA) is 73.1 Å². The second kappa shape index (κ2) is 7.43. The standard InChI is InChI=1S/C20H18F3N5O2/c1-10-18-12(4-5-28(10)20(29)15-8-25-16(30-3)9-24-15)19(27(2)26-18)11-6-13(21)17(23)14(22)7-11/h6-10H,4-5H2,1-3H3/t10-/m0/s1. The minimum Gasteiger partial charge on any atom is -0.480 e. The highest BCUT2D eigenvalue weighted by Gasteiger charge is 2.34. The summed E-state index contributed by atoms with van der Waals surface area (Å²) in [7, 11) is 3.10. The zero-order valence-corrected chi connectivity index (χ0v) is 16.5. The fourth-order valence-electron chi connectivity index (χ4n) is 3.75. The van der Waals surface area contributed by atoms with Gasteiger partial charge in [0.15, 0.2) is 17.5 Å². The van der Waals surface area contributed by atoms with Crippen molar-refractivity contribution in [3.8, 4) is 17.1 Å². The molecule has 1 atom stereocenters. The molecular weight excluding hydrogens is 399 g/mol. The third-order valence-electron chi connectivity index (χ3n) is 5.22. The van der Waals surface area contributed by atoms with Crippen LogP contribution < -0.4 is 4.74 Å². The maximum atomic E-state index is 13.8. The first-order valence-corrected chi connectivity index (χ1v) is 9.19. The molecule has 0 radical (unpaired) electrons. The number of fused-ring (bicyclic) bond motifs is 1. The van der Waals surface area contributed by atoms with Crippen molar-refractivity contribution < 1.29 is 22.7 Å². The molecule has 1 aliphatic rings. The number of halogens is 3. The Morgan fingerprint density at radius 2 is 1.87 bits per heavy atom. The quantitative estimate of drug-likeness (QED) is 0.613. The summed E-state index contributed by atoms with van der Waals surface area (Å²) in [6.45, 7) is 2.17. The summed E-state index contributed by atoms with van der Waals surface area (Å²) in [5.74, 6) is -4.05.